The molecule has 0 bridgehead atoms. The Kier molecular flexibility index (Phi) is 5.72. The van der Waals surface area contributed by atoms with Gasteiger partial charge in [-0.15, -0.1) is 6.58 Å². The van der Waals surface area contributed by atoms with Gasteiger partial charge >= 0.3 is 0 Å². The van der Waals surface area contributed by atoms with Gasteiger partial charge in [0.1, 0.15) is 0 Å². The van der Waals surface area contributed by atoms with Crippen molar-refractivity contribution in [3.63, 3.8) is 0 Å². The summed E-state index contributed by atoms with van der Waals surface area (Å²) in [5.74, 6) is -0.171. The highest BCUT2D eigenvalue weighted by Crippen LogP contribution is 2.20. The number of nitrogens with one attached hydrogen (secondary N) is 3. The van der Waals surface area contributed by atoms with E-state index >= 15 is 0 Å². The van der Waals surface area contributed by atoms with E-state index in [1.165, 1.54) is 0 Å². The number of anilines is 2. The molecule has 0 aliphatic heterocycles. The van der Waals surface area contributed by atoms with Crippen molar-refractivity contribution in [1.29, 1.82) is 0 Å². The lowest BCUT2D eigenvalue weighted by molar-refractivity contribution is -0.115. The molecule has 0 fully saturated rings. The number of sulfonamides is 1. The molecule has 20 heavy (non-hydrogen) atoms. The Morgan fingerprint density at radius 1 is 1.40 bits per heavy atom. The maximum Gasteiger partial charge on any atom is 0.238 e. The molecule has 0 aliphatic rings. The van der Waals surface area contributed by atoms with E-state index in [4.69, 9.17) is 0 Å². The summed E-state index contributed by atoms with van der Waals surface area (Å²) in [6.07, 6.45) is 2.76. The standard InChI is InChI=1S/C13H19N3O3S/c1-4-7-14-9-13(17)15-11-5-6-12(10(2)8-11)16-20(3,18)19/h4-6,8,14,16H,1,7,9H2,2-3H3,(H,15,17). The first kappa shape index (κ1) is 16.2. The molecule has 3 N–H and O–H groups in total. The van der Waals surface area contributed by atoms with Crippen LogP contribution in [0.15, 0.2) is 30.9 Å². The zero-order valence-corrected chi connectivity index (χ0v) is 12.4. The lowest BCUT2D eigenvalue weighted by atomic mass is 10.2. The number of hydrogen-bond acceptors (Lipinski definition) is 4. The van der Waals surface area contributed by atoms with Gasteiger partial charge in [0.15, 0.2) is 0 Å². The SMILES string of the molecule is C=CCNCC(=O)Nc1ccc(NS(C)(=O)=O)c(C)c1. The van der Waals surface area contributed by atoms with Crippen LogP contribution in [-0.4, -0.2) is 33.7 Å². The van der Waals surface area contributed by atoms with Crippen LogP contribution in [-0.2, 0) is 14.8 Å². The van der Waals surface area contributed by atoms with Crippen molar-refractivity contribution in [1.82, 2.24) is 5.32 Å². The molecule has 0 saturated heterocycles. The van der Waals surface area contributed by atoms with Gasteiger partial charge < -0.3 is 10.6 Å². The summed E-state index contributed by atoms with van der Waals surface area (Å²) >= 11 is 0. The van der Waals surface area contributed by atoms with E-state index in [0.29, 0.717) is 17.9 Å². The fraction of sp³-hybridized carbons (Fsp3) is 0.308. The van der Waals surface area contributed by atoms with Crippen LogP contribution in [0.3, 0.4) is 0 Å². The van der Waals surface area contributed by atoms with Gasteiger partial charge in [-0.2, -0.15) is 0 Å². The normalized spacial score (nSPS) is 10.9. The highest BCUT2D eigenvalue weighted by molar-refractivity contribution is 7.92. The molecule has 0 aliphatic carbocycles. The van der Waals surface area contributed by atoms with E-state index in [1.807, 2.05) is 0 Å². The Balaban J connectivity index is 2.68. The van der Waals surface area contributed by atoms with Crippen molar-refractivity contribution in [3.05, 3.63) is 36.4 Å². The third kappa shape index (κ3) is 5.85. The number of amides is 1. The van der Waals surface area contributed by atoms with Crippen LogP contribution in [0.4, 0.5) is 11.4 Å². The molecule has 0 aromatic heterocycles. The van der Waals surface area contributed by atoms with Gasteiger partial charge in [0.05, 0.1) is 18.5 Å². The van der Waals surface area contributed by atoms with Gasteiger partial charge in [-0.25, -0.2) is 8.42 Å². The molecule has 0 saturated carbocycles. The van der Waals surface area contributed by atoms with Gasteiger partial charge in [-0.3, -0.25) is 9.52 Å². The lowest BCUT2D eigenvalue weighted by Gasteiger charge is -2.11. The number of hydrogen-bond donors (Lipinski definition) is 3. The Morgan fingerprint density at radius 2 is 2.10 bits per heavy atom. The third-order valence-corrected chi connectivity index (χ3v) is 2.97. The first-order valence-electron chi connectivity index (χ1n) is 6.02. The molecule has 1 amide bonds. The molecule has 7 heteroatoms. The number of carbonyl (C=O) groups is 1. The Hall–Kier alpha value is -1.86. The molecule has 0 radical (unpaired) electrons. The fourth-order valence-corrected chi connectivity index (χ4v) is 2.18. The van der Waals surface area contributed by atoms with Crippen molar-refractivity contribution < 1.29 is 13.2 Å². The smallest absolute Gasteiger partial charge is 0.238 e. The number of aryl methyl sites for hydroxylation is 1. The fourth-order valence-electron chi connectivity index (χ4n) is 1.55. The van der Waals surface area contributed by atoms with Crippen LogP contribution in [0, 0.1) is 6.92 Å². The zero-order chi connectivity index (χ0) is 15.2. The van der Waals surface area contributed by atoms with Crippen molar-refractivity contribution in [2.45, 2.75) is 6.92 Å². The molecular weight excluding hydrogens is 278 g/mol. The van der Waals surface area contributed by atoms with Crippen LogP contribution in [0.1, 0.15) is 5.56 Å². The summed E-state index contributed by atoms with van der Waals surface area (Å²) in [6, 6.07) is 4.97. The Bertz CT molecular complexity index is 597. The van der Waals surface area contributed by atoms with Gasteiger partial charge in [0.2, 0.25) is 15.9 Å². The second kappa shape index (κ2) is 7.06. The molecule has 1 aromatic carbocycles. The predicted molar refractivity (Wildman–Crippen MR) is 81.3 cm³/mol. The van der Waals surface area contributed by atoms with Gasteiger partial charge in [-0.05, 0) is 30.7 Å². The molecule has 6 nitrogen and oxygen atoms in total. The minimum Gasteiger partial charge on any atom is -0.325 e. The number of carbonyl (C=O) groups excluding carboxylic acids is 1. The summed E-state index contributed by atoms with van der Waals surface area (Å²) < 4.78 is 24.7. The van der Waals surface area contributed by atoms with Crippen molar-refractivity contribution in [3.8, 4) is 0 Å². The summed E-state index contributed by atoms with van der Waals surface area (Å²) in [5.41, 5.74) is 1.84. The van der Waals surface area contributed by atoms with Gasteiger partial charge in [-0.1, -0.05) is 6.08 Å². The first-order valence-corrected chi connectivity index (χ1v) is 7.91. The van der Waals surface area contributed by atoms with E-state index in [1.54, 1.807) is 31.2 Å². The second-order valence-corrected chi connectivity index (χ2v) is 6.12. The first-order chi connectivity index (χ1) is 9.31. The van der Waals surface area contributed by atoms with Crippen LogP contribution in [0.5, 0.6) is 0 Å². The monoisotopic (exact) mass is 297 g/mol. The average Bonchev–Trinajstić information content (AvgIpc) is 2.31. The molecule has 1 rings (SSSR count). The van der Waals surface area contributed by atoms with E-state index in [-0.39, 0.29) is 12.5 Å². The van der Waals surface area contributed by atoms with E-state index in [2.05, 4.69) is 21.9 Å². The average molecular weight is 297 g/mol. The zero-order valence-electron chi connectivity index (χ0n) is 11.6. The maximum atomic E-state index is 11.6. The number of benzene rings is 1. The van der Waals surface area contributed by atoms with Gasteiger partial charge in [0, 0.05) is 12.2 Å². The molecule has 110 valence electrons. The van der Waals surface area contributed by atoms with Crippen LogP contribution in [0.25, 0.3) is 0 Å². The van der Waals surface area contributed by atoms with Crippen molar-refractivity contribution >= 4 is 27.3 Å². The maximum absolute atomic E-state index is 11.6. The largest absolute Gasteiger partial charge is 0.325 e. The molecule has 0 heterocycles. The quantitative estimate of drug-likeness (QED) is 0.519. The topological polar surface area (TPSA) is 87.3 Å². The van der Waals surface area contributed by atoms with Crippen LogP contribution < -0.4 is 15.4 Å². The highest BCUT2D eigenvalue weighted by atomic mass is 32.2. The highest BCUT2D eigenvalue weighted by Gasteiger charge is 2.07. The Labute approximate surface area is 119 Å². The lowest BCUT2D eigenvalue weighted by Crippen LogP contribution is -2.28. The van der Waals surface area contributed by atoms with E-state index in [0.717, 1.165) is 11.8 Å². The summed E-state index contributed by atoms with van der Waals surface area (Å²) in [7, 11) is -3.31. The molecule has 0 atom stereocenters. The van der Waals surface area contributed by atoms with Crippen molar-refractivity contribution in [2.24, 2.45) is 0 Å². The molecule has 0 unspecified atom stereocenters. The van der Waals surface area contributed by atoms with Crippen LogP contribution >= 0.6 is 0 Å². The van der Waals surface area contributed by atoms with Crippen LogP contribution in [0.2, 0.25) is 0 Å². The predicted octanol–water partition coefficient (Wildman–Crippen LogP) is 1.08. The Morgan fingerprint density at radius 3 is 2.65 bits per heavy atom. The molecular formula is C13H19N3O3S. The van der Waals surface area contributed by atoms with Crippen molar-refractivity contribution in [2.75, 3.05) is 29.4 Å². The molecule has 1 aromatic rings. The summed E-state index contributed by atoms with van der Waals surface area (Å²) in [6.45, 7) is 6.05. The number of rotatable bonds is 7. The summed E-state index contributed by atoms with van der Waals surface area (Å²) in [5, 5.41) is 5.61. The van der Waals surface area contributed by atoms with Gasteiger partial charge in [0.25, 0.3) is 0 Å². The van der Waals surface area contributed by atoms with E-state index in [9.17, 15) is 13.2 Å². The minimum atomic E-state index is -3.31. The third-order valence-electron chi connectivity index (χ3n) is 2.38. The minimum absolute atomic E-state index is 0.171. The second-order valence-electron chi connectivity index (χ2n) is 4.37. The van der Waals surface area contributed by atoms with E-state index < -0.39 is 10.0 Å². The summed E-state index contributed by atoms with van der Waals surface area (Å²) in [4.78, 5) is 11.6. The molecule has 0 spiro atoms.